The van der Waals surface area contributed by atoms with Crippen LogP contribution in [0.4, 0.5) is 14.7 Å². The van der Waals surface area contributed by atoms with Gasteiger partial charge in [-0.2, -0.15) is 4.98 Å². The first-order chi connectivity index (χ1) is 14.9. The first-order valence-corrected chi connectivity index (χ1v) is 9.67. The summed E-state index contributed by atoms with van der Waals surface area (Å²) in [4.78, 5) is 21.5. The Morgan fingerprint density at radius 1 is 1.09 bits per heavy atom. The van der Waals surface area contributed by atoms with Crippen molar-refractivity contribution in [2.24, 2.45) is 7.05 Å². The minimum absolute atomic E-state index is 0. The second-order valence-corrected chi connectivity index (χ2v) is 6.93. The molecule has 0 radical (unpaired) electrons. The van der Waals surface area contributed by atoms with Crippen LogP contribution in [0, 0.1) is 11.6 Å². The van der Waals surface area contributed by atoms with Crippen LogP contribution < -0.4 is 15.6 Å². The third kappa shape index (κ3) is 6.12. The van der Waals surface area contributed by atoms with Gasteiger partial charge in [0.2, 0.25) is 5.95 Å². The zero-order valence-corrected chi connectivity index (χ0v) is 18.7. The van der Waals surface area contributed by atoms with E-state index in [4.69, 9.17) is 14.2 Å². The quantitative estimate of drug-likeness (QED) is 0.483. The van der Waals surface area contributed by atoms with E-state index in [2.05, 4.69) is 15.3 Å². The number of fused-ring (bicyclic) bond motifs is 1. The topological polar surface area (TPSA) is 87.5 Å². The summed E-state index contributed by atoms with van der Waals surface area (Å²) >= 11 is 0. The van der Waals surface area contributed by atoms with Crippen LogP contribution in [0.3, 0.4) is 0 Å². The Kier molecular flexibility index (Phi) is 9.30. The highest BCUT2D eigenvalue weighted by Crippen LogP contribution is 2.25. The van der Waals surface area contributed by atoms with Crippen LogP contribution in [0.2, 0.25) is 0 Å². The highest BCUT2D eigenvalue weighted by Gasteiger charge is 2.15. The summed E-state index contributed by atoms with van der Waals surface area (Å²) in [5.74, 6) is -1.66. The van der Waals surface area contributed by atoms with Gasteiger partial charge in [-0.25, -0.2) is 13.8 Å². The summed E-state index contributed by atoms with van der Waals surface area (Å²) in [6.45, 7) is 1.13. The molecule has 3 rings (SSSR count). The zero-order chi connectivity index (χ0) is 22.4. The van der Waals surface area contributed by atoms with E-state index in [1.807, 2.05) is 0 Å². The molecular formula is C21H25ClF2N4O4. The van der Waals surface area contributed by atoms with Gasteiger partial charge in [-0.05, 0) is 31.0 Å². The fraction of sp³-hybridized carbons (Fsp3) is 0.381. The van der Waals surface area contributed by atoms with E-state index in [0.717, 1.165) is 25.0 Å². The Labute approximate surface area is 189 Å². The van der Waals surface area contributed by atoms with Crippen molar-refractivity contribution >= 4 is 29.4 Å². The van der Waals surface area contributed by atoms with Gasteiger partial charge in [0.1, 0.15) is 11.5 Å². The van der Waals surface area contributed by atoms with Crippen LogP contribution in [0.5, 0.6) is 11.5 Å². The zero-order valence-electron chi connectivity index (χ0n) is 17.9. The van der Waals surface area contributed by atoms with Crippen molar-refractivity contribution in [1.29, 1.82) is 0 Å². The minimum Gasteiger partial charge on any atom is -0.448 e. The number of hydrogen-bond acceptors (Lipinski definition) is 7. The Bertz CT molecular complexity index is 1110. The average Bonchev–Trinajstić information content (AvgIpc) is 2.75. The van der Waals surface area contributed by atoms with Gasteiger partial charge in [0.25, 0.3) is 5.56 Å². The van der Waals surface area contributed by atoms with Crippen molar-refractivity contribution < 1.29 is 23.0 Å². The van der Waals surface area contributed by atoms with Gasteiger partial charge in [-0.3, -0.25) is 9.36 Å². The van der Waals surface area contributed by atoms with Crippen molar-refractivity contribution in [3.63, 3.8) is 0 Å². The van der Waals surface area contributed by atoms with Crippen LogP contribution in [-0.4, -0.2) is 48.0 Å². The molecule has 0 aliphatic rings. The van der Waals surface area contributed by atoms with Crippen molar-refractivity contribution in [2.45, 2.75) is 18.9 Å². The molecule has 0 saturated carbocycles. The SMILES string of the molecule is COCCC(CCOC)Nc1ncc2cc(Oc3ccc(F)cc3F)c(=O)n(C)c2n1.Cl. The smallest absolute Gasteiger partial charge is 0.294 e. The lowest BCUT2D eigenvalue weighted by Crippen LogP contribution is -2.25. The molecule has 0 atom stereocenters. The third-order valence-electron chi connectivity index (χ3n) is 4.70. The van der Waals surface area contributed by atoms with E-state index < -0.39 is 17.2 Å². The number of benzene rings is 1. The molecule has 2 aromatic heterocycles. The van der Waals surface area contributed by atoms with Crippen LogP contribution in [0.15, 0.2) is 35.3 Å². The first-order valence-electron chi connectivity index (χ1n) is 9.67. The number of pyridine rings is 1. The number of aryl methyl sites for hydroxylation is 1. The fourth-order valence-electron chi connectivity index (χ4n) is 3.03. The molecule has 0 spiro atoms. The van der Waals surface area contributed by atoms with Crippen molar-refractivity contribution in [1.82, 2.24) is 14.5 Å². The highest BCUT2D eigenvalue weighted by atomic mass is 35.5. The fourth-order valence-corrected chi connectivity index (χ4v) is 3.03. The lowest BCUT2D eigenvalue weighted by atomic mass is 10.1. The number of ether oxygens (including phenoxy) is 3. The Morgan fingerprint density at radius 3 is 2.41 bits per heavy atom. The minimum atomic E-state index is -0.906. The van der Waals surface area contributed by atoms with Crippen molar-refractivity contribution in [2.75, 3.05) is 32.8 Å². The maximum atomic E-state index is 13.9. The molecule has 0 aliphatic carbocycles. The number of aromatic nitrogens is 3. The van der Waals surface area contributed by atoms with E-state index in [1.54, 1.807) is 20.4 Å². The Morgan fingerprint density at radius 2 is 1.78 bits per heavy atom. The standard InChI is InChI=1S/C21H24F2N4O4.ClH/c1-27-19-13(10-18(20(27)28)31-17-5-4-14(22)11-16(17)23)12-24-21(26-19)25-15(6-8-29-2)7-9-30-3;/h4-5,10-12,15H,6-9H2,1-3H3,(H,24,25,26);1H. The van der Waals surface area contributed by atoms with Gasteiger partial charge in [-0.1, -0.05) is 0 Å². The molecule has 0 aliphatic heterocycles. The van der Waals surface area contributed by atoms with Crippen LogP contribution in [0.25, 0.3) is 11.0 Å². The average molecular weight is 471 g/mol. The van der Waals surface area contributed by atoms with Crippen LogP contribution in [0.1, 0.15) is 12.8 Å². The summed E-state index contributed by atoms with van der Waals surface area (Å²) in [7, 11) is 4.79. The normalized spacial score (nSPS) is 10.9. The molecule has 11 heteroatoms. The lowest BCUT2D eigenvalue weighted by Gasteiger charge is -2.18. The largest absolute Gasteiger partial charge is 0.448 e. The predicted molar refractivity (Wildman–Crippen MR) is 119 cm³/mol. The molecule has 1 N–H and O–H groups in total. The molecule has 174 valence electrons. The Hall–Kier alpha value is -2.82. The van der Waals surface area contributed by atoms with E-state index in [1.165, 1.54) is 17.7 Å². The molecule has 8 nitrogen and oxygen atoms in total. The molecule has 2 heterocycles. The summed E-state index contributed by atoms with van der Waals surface area (Å²) in [6.07, 6.45) is 3.01. The Balaban J connectivity index is 0.00000363. The third-order valence-corrected chi connectivity index (χ3v) is 4.70. The maximum Gasteiger partial charge on any atom is 0.294 e. The number of halogens is 3. The summed E-state index contributed by atoms with van der Waals surface area (Å²) in [5.41, 5.74) is -0.136. The van der Waals surface area contributed by atoms with Gasteiger partial charge >= 0.3 is 0 Å². The summed E-state index contributed by atoms with van der Waals surface area (Å²) in [6, 6.07) is 4.31. The molecule has 0 unspecified atom stereocenters. The van der Waals surface area contributed by atoms with E-state index in [9.17, 15) is 13.6 Å². The number of rotatable bonds is 10. The van der Waals surface area contributed by atoms with E-state index >= 15 is 0 Å². The number of hydrogen-bond donors (Lipinski definition) is 1. The molecule has 0 saturated heterocycles. The molecule has 0 bridgehead atoms. The van der Waals surface area contributed by atoms with Gasteiger partial charge in [0.05, 0.1) is 0 Å². The lowest BCUT2D eigenvalue weighted by molar-refractivity contribution is 0.167. The highest BCUT2D eigenvalue weighted by molar-refractivity contribution is 5.85. The monoisotopic (exact) mass is 470 g/mol. The number of nitrogens with one attached hydrogen (secondary N) is 1. The first kappa shape index (κ1) is 25.4. The molecule has 0 amide bonds. The summed E-state index contributed by atoms with van der Waals surface area (Å²) < 4.78 is 44.0. The van der Waals surface area contributed by atoms with Crippen LogP contribution in [-0.2, 0) is 16.5 Å². The summed E-state index contributed by atoms with van der Waals surface area (Å²) in [5, 5.41) is 3.76. The molecule has 3 aromatic rings. The predicted octanol–water partition coefficient (Wildman–Crippen LogP) is 3.67. The van der Waals surface area contributed by atoms with Crippen molar-refractivity contribution in [3.8, 4) is 11.5 Å². The van der Waals surface area contributed by atoms with Gasteiger partial charge in [0, 0.05) is 58.2 Å². The van der Waals surface area contributed by atoms with E-state index in [-0.39, 0.29) is 29.9 Å². The second-order valence-electron chi connectivity index (χ2n) is 6.93. The van der Waals surface area contributed by atoms with Crippen molar-refractivity contribution in [3.05, 3.63) is 52.5 Å². The second kappa shape index (κ2) is 11.7. The van der Waals surface area contributed by atoms with Gasteiger partial charge < -0.3 is 19.5 Å². The molecule has 32 heavy (non-hydrogen) atoms. The van der Waals surface area contributed by atoms with Gasteiger partial charge in [0.15, 0.2) is 17.3 Å². The van der Waals surface area contributed by atoms with Gasteiger partial charge in [-0.15, -0.1) is 12.4 Å². The number of anilines is 1. The van der Waals surface area contributed by atoms with Crippen LogP contribution >= 0.6 is 12.4 Å². The number of methoxy groups -OCH3 is 2. The molecular weight excluding hydrogens is 446 g/mol. The van der Waals surface area contributed by atoms with E-state index in [0.29, 0.717) is 36.3 Å². The maximum absolute atomic E-state index is 13.9. The molecule has 1 aromatic carbocycles. The number of nitrogens with zero attached hydrogens (tertiary/aromatic N) is 3. The molecule has 0 fully saturated rings.